The first-order valence-corrected chi connectivity index (χ1v) is 3.68. The molecule has 0 amide bonds. The first-order valence-electron chi connectivity index (χ1n) is 2.69. The summed E-state index contributed by atoms with van der Waals surface area (Å²) < 4.78 is 0. The SMILES string of the molecule is CC#CCSc1nn[nH]n1. The zero-order chi connectivity index (χ0) is 7.23. The van der Waals surface area contributed by atoms with E-state index >= 15 is 0 Å². The second kappa shape index (κ2) is 3.90. The van der Waals surface area contributed by atoms with Gasteiger partial charge in [-0.3, -0.25) is 0 Å². The summed E-state index contributed by atoms with van der Waals surface area (Å²) in [4.78, 5) is 0. The highest BCUT2D eigenvalue weighted by Gasteiger charge is 1.93. The van der Waals surface area contributed by atoms with E-state index < -0.39 is 0 Å². The second-order valence-corrected chi connectivity index (χ2v) is 2.35. The van der Waals surface area contributed by atoms with Crippen molar-refractivity contribution in [2.24, 2.45) is 0 Å². The lowest BCUT2D eigenvalue weighted by Crippen LogP contribution is -1.76. The second-order valence-electron chi connectivity index (χ2n) is 1.41. The maximum Gasteiger partial charge on any atom is 0.231 e. The van der Waals surface area contributed by atoms with Crippen molar-refractivity contribution in [2.45, 2.75) is 12.1 Å². The summed E-state index contributed by atoms with van der Waals surface area (Å²) in [6.07, 6.45) is 0. The van der Waals surface area contributed by atoms with Gasteiger partial charge in [0, 0.05) is 0 Å². The zero-order valence-corrected chi connectivity index (χ0v) is 6.27. The molecule has 0 bridgehead atoms. The Morgan fingerprint density at radius 1 is 1.70 bits per heavy atom. The number of hydrogen-bond acceptors (Lipinski definition) is 4. The van der Waals surface area contributed by atoms with Crippen molar-refractivity contribution in [3.8, 4) is 11.8 Å². The molecular weight excluding hydrogens is 148 g/mol. The maximum absolute atomic E-state index is 3.74. The maximum atomic E-state index is 3.74. The Bertz CT molecular complexity index is 232. The van der Waals surface area contributed by atoms with Crippen molar-refractivity contribution >= 4 is 11.8 Å². The van der Waals surface area contributed by atoms with Crippen LogP contribution in [0.3, 0.4) is 0 Å². The van der Waals surface area contributed by atoms with Gasteiger partial charge in [0.05, 0.1) is 5.75 Å². The molecule has 1 rings (SSSR count). The molecule has 0 atom stereocenters. The van der Waals surface area contributed by atoms with Crippen molar-refractivity contribution in [1.29, 1.82) is 0 Å². The van der Waals surface area contributed by atoms with Crippen LogP contribution in [0, 0.1) is 11.8 Å². The Morgan fingerprint density at radius 2 is 2.60 bits per heavy atom. The number of thioether (sulfide) groups is 1. The number of tetrazole rings is 1. The van der Waals surface area contributed by atoms with Gasteiger partial charge in [-0.2, -0.15) is 5.21 Å². The lowest BCUT2D eigenvalue weighted by molar-refractivity contribution is 0.881. The third-order valence-electron chi connectivity index (χ3n) is 0.776. The molecule has 0 radical (unpaired) electrons. The van der Waals surface area contributed by atoms with Gasteiger partial charge in [-0.25, -0.2) is 0 Å². The molecular formula is C5H6N4S. The van der Waals surface area contributed by atoms with E-state index in [1.165, 1.54) is 11.8 Å². The normalized spacial score (nSPS) is 8.50. The van der Waals surface area contributed by atoms with Gasteiger partial charge in [-0.1, -0.05) is 17.7 Å². The van der Waals surface area contributed by atoms with E-state index in [2.05, 4.69) is 32.5 Å². The average Bonchev–Trinajstić information content (AvgIpc) is 2.41. The minimum absolute atomic E-state index is 0.641. The molecule has 0 spiro atoms. The van der Waals surface area contributed by atoms with Crippen molar-refractivity contribution in [2.75, 3.05) is 5.75 Å². The first-order chi connectivity index (χ1) is 4.93. The number of aromatic nitrogens is 4. The van der Waals surface area contributed by atoms with Crippen LogP contribution in [0.1, 0.15) is 6.92 Å². The summed E-state index contributed by atoms with van der Waals surface area (Å²) in [6, 6.07) is 0. The molecule has 10 heavy (non-hydrogen) atoms. The lowest BCUT2D eigenvalue weighted by Gasteiger charge is -1.81. The fraction of sp³-hybridized carbons (Fsp3) is 0.400. The number of rotatable bonds is 2. The van der Waals surface area contributed by atoms with Crippen LogP contribution in [0.4, 0.5) is 0 Å². The minimum Gasteiger partial charge on any atom is -0.176 e. The highest BCUT2D eigenvalue weighted by atomic mass is 32.2. The topological polar surface area (TPSA) is 54.5 Å². The molecule has 1 heterocycles. The van der Waals surface area contributed by atoms with Gasteiger partial charge >= 0.3 is 0 Å². The summed E-state index contributed by atoms with van der Waals surface area (Å²) in [5.74, 6) is 6.37. The number of hydrogen-bond donors (Lipinski definition) is 1. The van der Waals surface area contributed by atoms with E-state index in [1.807, 2.05) is 0 Å². The molecule has 0 saturated heterocycles. The summed E-state index contributed by atoms with van der Waals surface area (Å²) in [6.45, 7) is 1.80. The van der Waals surface area contributed by atoms with Crippen molar-refractivity contribution < 1.29 is 0 Å². The smallest absolute Gasteiger partial charge is 0.176 e. The van der Waals surface area contributed by atoms with Crippen molar-refractivity contribution in [3.63, 3.8) is 0 Å². The third kappa shape index (κ3) is 2.07. The van der Waals surface area contributed by atoms with Crippen molar-refractivity contribution in [1.82, 2.24) is 20.6 Å². The van der Waals surface area contributed by atoms with E-state index in [0.29, 0.717) is 5.16 Å². The largest absolute Gasteiger partial charge is 0.231 e. The molecule has 1 aromatic heterocycles. The fourth-order valence-corrected chi connectivity index (χ4v) is 0.936. The third-order valence-corrected chi connectivity index (χ3v) is 1.50. The molecule has 5 heteroatoms. The Hall–Kier alpha value is -1.02. The summed E-state index contributed by atoms with van der Waals surface area (Å²) in [7, 11) is 0. The van der Waals surface area contributed by atoms with Crippen LogP contribution in [0.2, 0.25) is 0 Å². The van der Waals surface area contributed by atoms with Gasteiger partial charge in [0.15, 0.2) is 0 Å². The fourth-order valence-electron chi connectivity index (χ4n) is 0.387. The molecule has 0 fully saturated rings. The molecule has 1 N–H and O–H groups in total. The minimum atomic E-state index is 0.641. The molecule has 0 unspecified atom stereocenters. The number of H-pyrrole nitrogens is 1. The van der Waals surface area contributed by atoms with Gasteiger partial charge in [0.1, 0.15) is 0 Å². The van der Waals surface area contributed by atoms with E-state index in [4.69, 9.17) is 0 Å². The van der Waals surface area contributed by atoms with E-state index in [1.54, 1.807) is 6.92 Å². The highest BCUT2D eigenvalue weighted by Crippen LogP contribution is 2.07. The Labute approximate surface area is 62.8 Å². The summed E-state index contributed by atoms with van der Waals surface area (Å²) in [5.41, 5.74) is 0. The van der Waals surface area contributed by atoms with Crippen LogP contribution in [0.25, 0.3) is 0 Å². The predicted molar refractivity (Wildman–Crippen MR) is 38.4 cm³/mol. The quantitative estimate of drug-likeness (QED) is 0.492. The van der Waals surface area contributed by atoms with Crippen LogP contribution >= 0.6 is 11.8 Å². The van der Waals surface area contributed by atoms with E-state index in [9.17, 15) is 0 Å². The zero-order valence-electron chi connectivity index (χ0n) is 5.46. The van der Waals surface area contributed by atoms with Crippen LogP contribution < -0.4 is 0 Å². The molecule has 4 nitrogen and oxygen atoms in total. The number of nitrogens with zero attached hydrogens (tertiary/aromatic N) is 3. The molecule has 0 aliphatic heterocycles. The van der Waals surface area contributed by atoms with Gasteiger partial charge in [-0.05, 0) is 12.1 Å². The number of nitrogens with one attached hydrogen (secondary N) is 1. The number of aromatic amines is 1. The highest BCUT2D eigenvalue weighted by molar-refractivity contribution is 7.99. The van der Waals surface area contributed by atoms with Gasteiger partial charge in [0.25, 0.3) is 0 Å². The van der Waals surface area contributed by atoms with E-state index in [-0.39, 0.29) is 0 Å². The van der Waals surface area contributed by atoms with Crippen LogP contribution in [-0.4, -0.2) is 26.4 Å². The molecule has 0 saturated carbocycles. The Kier molecular flexibility index (Phi) is 2.77. The standard InChI is InChI=1S/C5H6N4S/c1-2-3-4-10-5-6-8-9-7-5/h4H2,1H3,(H,6,7,8,9). The predicted octanol–water partition coefficient (Wildman–Crippen LogP) is 0.315. The molecule has 1 aromatic rings. The Morgan fingerprint density at radius 3 is 3.20 bits per heavy atom. The van der Waals surface area contributed by atoms with Crippen LogP contribution in [0.15, 0.2) is 5.16 Å². The monoisotopic (exact) mass is 154 g/mol. The molecule has 0 aliphatic carbocycles. The van der Waals surface area contributed by atoms with Gasteiger partial charge in [0.2, 0.25) is 5.16 Å². The molecule has 0 aromatic carbocycles. The first kappa shape index (κ1) is 7.09. The summed E-state index contributed by atoms with van der Waals surface area (Å²) in [5, 5.41) is 13.9. The van der Waals surface area contributed by atoms with Crippen LogP contribution in [0.5, 0.6) is 0 Å². The van der Waals surface area contributed by atoms with Gasteiger partial charge in [-0.15, -0.1) is 16.1 Å². The van der Waals surface area contributed by atoms with E-state index in [0.717, 1.165) is 5.75 Å². The molecule has 0 aliphatic rings. The molecule has 52 valence electrons. The van der Waals surface area contributed by atoms with Crippen LogP contribution in [-0.2, 0) is 0 Å². The average molecular weight is 154 g/mol. The van der Waals surface area contributed by atoms with Crippen molar-refractivity contribution in [3.05, 3.63) is 0 Å². The lowest BCUT2D eigenvalue weighted by atomic mass is 10.7. The summed E-state index contributed by atoms with van der Waals surface area (Å²) >= 11 is 1.46. The van der Waals surface area contributed by atoms with Gasteiger partial charge < -0.3 is 0 Å². The Balaban J connectivity index is 2.32.